The maximum atomic E-state index is 12.3. The lowest BCUT2D eigenvalue weighted by molar-refractivity contribution is -0.382. The maximum Gasteiger partial charge on any atom is 0.187 e. The largest absolute Gasteiger partial charge is 0.394 e. The van der Waals surface area contributed by atoms with E-state index < -0.39 is 119 Å². The van der Waals surface area contributed by atoms with Gasteiger partial charge in [-0.2, -0.15) is 0 Å². The first-order valence-corrected chi connectivity index (χ1v) is 21.0. The molecule has 4 saturated carbocycles. The molecular weight excluding hydrogens is 744 g/mol. The molecule has 0 aromatic rings. The smallest absolute Gasteiger partial charge is 0.187 e. The van der Waals surface area contributed by atoms with Gasteiger partial charge in [0, 0.05) is 0 Å². The first-order chi connectivity index (χ1) is 26.3. The minimum atomic E-state index is -1.72. The first-order valence-electron chi connectivity index (χ1n) is 21.0. The van der Waals surface area contributed by atoms with Gasteiger partial charge in [-0.15, -0.1) is 0 Å². The van der Waals surface area contributed by atoms with E-state index in [1.807, 2.05) is 26.8 Å². The predicted octanol–water partition coefficient (Wildman–Crippen LogP) is 1.62. The first kappa shape index (κ1) is 45.7. The molecule has 0 amide bonds. The lowest BCUT2D eigenvalue weighted by Crippen LogP contribution is -2.71. The molecule has 2 heterocycles. The molecule has 0 aromatic heterocycles. The highest BCUT2D eigenvalue weighted by molar-refractivity contribution is 5.22. The van der Waals surface area contributed by atoms with Crippen LogP contribution in [0.5, 0.6) is 0 Å². The third kappa shape index (κ3) is 7.49. The zero-order valence-electron chi connectivity index (χ0n) is 35.1. The van der Waals surface area contributed by atoms with Crippen LogP contribution in [0.25, 0.3) is 0 Å². The van der Waals surface area contributed by atoms with Crippen LogP contribution in [-0.4, -0.2) is 149 Å². The fourth-order valence-electron chi connectivity index (χ4n) is 13.2. The molecule has 10 N–H and O–H groups in total. The minimum absolute atomic E-state index is 0.0129. The molecule has 57 heavy (non-hydrogen) atoms. The summed E-state index contributed by atoms with van der Waals surface area (Å²) in [4.78, 5) is 4.56. The molecule has 0 radical (unpaired) electrons. The average Bonchev–Trinajstić information content (AvgIpc) is 3.52. The van der Waals surface area contributed by atoms with Gasteiger partial charge in [-0.3, -0.25) is 5.26 Å². The Labute approximate surface area is 336 Å². The number of ether oxygens (including phenoxy) is 4. The molecule has 21 atom stereocenters. The minimum Gasteiger partial charge on any atom is -0.394 e. The summed E-state index contributed by atoms with van der Waals surface area (Å²) in [7, 11) is 0. The van der Waals surface area contributed by atoms with Crippen LogP contribution in [0.15, 0.2) is 12.2 Å². The van der Waals surface area contributed by atoms with Crippen molar-refractivity contribution in [3.63, 3.8) is 0 Å². The van der Waals surface area contributed by atoms with E-state index in [9.17, 15) is 51.2 Å². The van der Waals surface area contributed by atoms with Gasteiger partial charge in [0.15, 0.2) is 12.6 Å². The zero-order valence-corrected chi connectivity index (χ0v) is 35.1. The number of fused-ring (bicyclic) bond motifs is 5. The summed E-state index contributed by atoms with van der Waals surface area (Å²) in [5.74, 6) is -0.858. The molecule has 2 aliphatic heterocycles. The van der Waals surface area contributed by atoms with Crippen LogP contribution in [0.4, 0.5) is 0 Å². The quantitative estimate of drug-likeness (QED) is 0.0652. The third-order valence-corrected chi connectivity index (χ3v) is 16.5. The highest BCUT2D eigenvalue weighted by atomic mass is 17.1. The van der Waals surface area contributed by atoms with Crippen molar-refractivity contribution in [2.75, 3.05) is 6.61 Å². The molecule has 0 spiro atoms. The molecule has 6 rings (SSSR count). The van der Waals surface area contributed by atoms with Crippen molar-refractivity contribution in [1.29, 1.82) is 0 Å². The molecule has 6 aliphatic rings. The van der Waals surface area contributed by atoms with E-state index in [4.69, 9.17) is 18.9 Å². The van der Waals surface area contributed by atoms with Crippen LogP contribution in [0.2, 0.25) is 0 Å². The van der Waals surface area contributed by atoms with Gasteiger partial charge in [0.1, 0.15) is 48.3 Å². The second-order valence-corrected chi connectivity index (χ2v) is 20.7. The van der Waals surface area contributed by atoms with Gasteiger partial charge in [-0.05, 0) is 118 Å². The topological polar surface area (TPSA) is 248 Å². The molecule has 15 heteroatoms. The summed E-state index contributed by atoms with van der Waals surface area (Å²) in [5, 5.41) is 110. The fourth-order valence-corrected chi connectivity index (χ4v) is 13.2. The van der Waals surface area contributed by atoms with Crippen LogP contribution < -0.4 is 0 Å². The van der Waals surface area contributed by atoms with E-state index in [0.29, 0.717) is 32.1 Å². The number of aliphatic hydroxyl groups excluding tert-OH is 8. The van der Waals surface area contributed by atoms with Gasteiger partial charge in [-0.1, -0.05) is 46.8 Å². The Bertz CT molecular complexity index is 1440. The maximum absolute atomic E-state index is 12.3. The van der Waals surface area contributed by atoms with Crippen molar-refractivity contribution >= 4 is 0 Å². The lowest BCUT2D eigenvalue weighted by atomic mass is 9.34. The van der Waals surface area contributed by atoms with E-state index in [2.05, 4.69) is 25.7 Å². The summed E-state index contributed by atoms with van der Waals surface area (Å²) in [6.45, 7) is 16.8. The standard InChI is InChI=1S/C42H72O15/c1-20-28(46)30(48)32(50)35(53-20)56-33-31(49)29(47)24(19-43)55-36(33)54-23-18-41(8)25(39(6)15-12-26(45)38(4,5)34(23)39)17-22(44)27-21(11-16-40(27,41)7)42(9,51)14-10-13-37(2,3)57-52/h10,13,20-36,43-52H,11-12,14-19H2,1-9H3/b13-10+/t20-,21-,22+,23-,24+,25+,26-,27-,28-,29+,30+,31-,32+,33+,34-,35-,36+,39+,40+,41+,42-/m0/s1. The van der Waals surface area contributed by atoms with Gasteiger partial charge < -0.3 is 64.9 Å². The zero-order chi connectivity index (χ0) is 42.4. The lowest BCUT2D eigenvalue weighted by Gasteiger charge is -2.72. The Morgan fingerprint density at radius 1 is 0.789 bits per heavy atom. The summed E-state index contributed by atoms with van der Waals surface area (Å²) in [5.41, 5.74) is -4.27. The molecule has 0 bridgehead atoms. The van der Waals surface area contributed by atoms with Crippen LogP contribution >= 0.6 is 0 Å². The van der Waals surface area contributed by atoms with Gasteiger partial charge in [0.05, 0.1) is 36.6 Å². The van der Waals surface area contributed by atoms with Crippen molar-refractivity contribution in [3.05, 3.63) is 12.2 Å². The molecule has 6 fully saturated rings. The van der Waals surface area contributed by atoms with Gasteiger partial charge >= 0.3 is 0 Å². The summed E-state index contributed by atoms with van der Waals surface area (Å²) >= 11 is 0. The molecule has 330 valence electrons. The molecule has 4 aliphatic carbocycles. The third-order valence-electron chi connectivity index (χ3n) is 16.5. The van der Waals surface area contributed by atoms with E-state index in [1.54, 1.807) is 19.9 Å². The predicted molar refractivity (Wildman–Crippen MR) is 204 cm³/mol. The van der Waals surface area contributed by atoms with E-state index in [0.717, 1.165) is 6.42 Å². The van der Waals surface area contributed by atoms with Crippen molar-refractivity contribution in [1.82, 2.24) is 0 Å². The van der Waals surface area contributed by atoms with Gasteiger partial charge in [-0.25, -0.2) is 4.89 Å². The summed E-state index contributed by atoms with van der Waals surface area (Å²) in [6, 6.07) is 0. The Kier molecular flexibility index (Phi) is 12.7. The second-order valence-electron chi connectivity index (χ2n) is 20.7. The summed E-state index contributed by atoms with van der Waals surface area (Å²) in [6.07, 6.45) is -9.42. The average molecular weight is 817 g/mol. The fraction of sp³-hybridized carbons (Fsp3) is 0.952. The number of hydrogen-bond acceptors (Lipinski definition) is 15. The normalized spacial score (nSPS) is 52.5. The number of rotatable bonds is 10. The summed E-state index contributed by atoms with van der Waals surface area (Å²) < 4.78 is 25.1. The number of aliphatic hydroxyl groups is 9. The second kappa shape index (κ2) is 15.8. The Morgan fingerprint density at radius 3 is 2.09 bits per heavy atom. The molecule has 0 unspecified atom stereocenters. The van der Waals surface area contributed by atoms with Crippen molar-refractivity contribution < 1.29 is 75.1 Å². The highest BCUT2D eigenvalue weighted by Gasteiger charge is 2.73. The van der Waals surface area contributed by atoms with Crippen molar-refractivity contribution in [2.45, 2.75) is 198 Å². The van der Waals surface area contributed by atoms with Gasteiger partial charge in [0.2, 0.25) is 0 Å². The SMILES string of the molecule is C[C@@H]1O[C@@H](O[C@H]2[C@H](O[C@H]3C[C@]4(C)[C@H](C[C@@H](O)[C@@H]5[C@@H]([C@@](C)(O)C/C=C/C(C)(C)OO)CC[C@]54C)[C@@]4(C)CC[C@H](O)C(C)(C)[C@H]34)O[C@H](CO)[C@@H](O)[C@@H]2O)[C@H](O)[C@H](O)[C@H]1O. The molecule has 2 saturated heterocycles. The van der Waals surface area contributed by atoms with E-state index >= 15 is 0 Å². The molecular formula is C42H72O15. The van der Waals surface area contributed by atoms with Crippen molar-refractivity contribution in [2.24, 2.45) is 45.3 Å². The van der Waals surface area contributed by atoms with Crippen LogP contribution in [-0.2, 0) is 23.8 Å². The van der Waals surface area contributed by atoms with Gasteiger partial charge in [0.25, 0.3) is 0 Å². The molecule has 15 nitrogen and oxygen atoms in total. The van der Waals surface area contributed by atoms with Crippen molar-refractivity contribution in [3.8, 4) is 0 Å². The molecule has 0 aromatic carbocycles. The number of hydrogen-bond donors (Lipinski definition) is 10. The van der Waals surface area contributed by atoms with Crippen LogP contribution in [0.3, 0.4) is 0 Å². The Balaban J connectivity index is 1.38. The van der Waals surface area contributed by atoms with E-state index in [-0.39, 0.29) is 30.1 Å². The Hall–Kier alpha value is -0.860. The Morgan fingerprint density at radius 2 is 1.46 bits per heavy atom. The van der Waals surface area contributed by atoms with Crippen LogP contribution in [0, 0.1) is 45.3 Å². The highest BCUT2D eigenvalue weighted by Crippen LogP contribution is 2.76. The monoisotopic (exact) mass is 816 g/mol. The van der Waals surface area contributed by atoms with Crippen LogP contribution in [0.1, 0.15) is 107 Å². The van der Waals surface area contributed by atoms with E-state index in [1.165, 1.54) is 6.92 Å².